The molecule has 2 rings (SSSR count). The molecular weight excluding hydrogens is 314 g/mol. The highest BCUT2D eigenvalue weighted by molar-refractivity contribution is 14.2. The van der Waals surface area contributed by atoms with Crippen molar-refractivity contribution in [1.29, 1.82) is 0 Å². The zero-order valence-electron chi connectivity index (χ0n) is 7.43. The van der Waals surface area contributed by atoms with Crippen LogP contribution in [-0.2, 0) is 13.6 Å². The Morgan fingerprint density at radius 1 is 1.36 bits per heavy atom. The molecule has 0 amide bonds. The Balaban J connectivity index is 2.16. The smallest absolute Gasteiger partial charge is 0.301 e. The molecule has 1 aliphatic heterocycles. The maximum Gasteiger partial charge on any atom is 0.389 e. The van der Waals surface area contributed by atoms with Gasteiger partial charge in [-0.25, -0.2) is 4.57 Å². The number of hydrogen-bond donors (Lipinski definition) is 0. The molecule has 0 aromatic heterocycles. The molecule has 76 valence electrons. The van der Waals surface area contributed by atoms with E-state index in [1.807, 2.05) is 30.3 Å². The molecule has 1 aliphatic rings. The van der Waals surface area contributed by atoms with Crippen LogP contribution in [0.4, 0.5) is 0 Å². The zero-order valence-corrected chi connectivity index (χ0v) is 10.5. The molecule has 5 heteroatoms. The predicted octanol–water partition coefficient (Wildman–Crippen LogP) is 3.71. The van der Waals surface area contributed by atoms with Crippen LogP contribution < -0.4 is 0 Å². The van der Waals surface area contributed by atoms with Gasteiger partial charge in [-0.15, -0.1) is 0 Å². The molecule has 1 aromatic carbocycles. The van der Waals surface area contributed by atoms with Crippen molar-refractivity contribution < 1.29 is 13.6 Å². The van der Waals surface area contributed by atoms with Crippen molar-refractivity contribution in [3.8, 4) is 0 Å². The first-order chi connectivity index (χ1) is 6.67. The van der Waals surface area contributed by atoms with Crippen LogP contribution in [0.3, 0.4) is 0 Å². The third kappa shape index (κ3) is 2.57. The van der Waals surface area contributed by atoms with Gasteiger partial charge in [-0.2, -0.15) is 0 Å². The van der Waals surface area contributed by atoms with E-state index in [0.717, 1.165) is 12.0 Å². The van der Waals surface area contributed by atoms with Crippen LogP contribution >= 0.6 is 27.3 Å². The Hall–Kier alpha value is 0.1000. The Kier molecular flexibility index (Phi) is 3.27. The lowest BCUT2D eigenvalue weighted by Crippen LogP contribution is -2.11. The topological polar surface area (TPSA) is 35.5 Å². The van der Waals surface area contributed by atoms with Crippen molar-refractivity contribution in [3.05, 3.63) is 35.9 Å². The lowest BCUT2D eigenvalue weighted by atomic mass is 10.1. The van der Waals surface area contributed by atoms with Gasteiger partial charge in [-0.1, -0.05) is 30.3 Å². The molecular formula is C9H10IO3P. The first kappa shape index (κ1) is 10.6. The minimum Gasteiger partial charge on any atom is -0.301 e. The van der Waals surface area contributed by atoms with Crippen LogP contribution in [0.2, 0.25) is 0 Å². The second-order valence-electron chi connectivity index (χ2n) is 3.06. The van der Waals surface area contributed by atoms with Gasteiger partial charge >= 0.3 is 5.24 Å². The molecule has 14 heavy (non-hydrogen) atoms. The van der Waals surface area contributed by atoms with Gasteiger partial charge in [-0.05, 0) is 5.56 Å². The third-order valence-electron chi connectivity index (χ3n) is 2.05. The van der Waals surface area contributed by atoms with E-state index in [1.54, 1.807) is 22.0 Å². The monoisotopic (exact) mass is 324 g/mol. The molecule has 0 spiro atoms. The molecule has 3 nitrogen and oxygen atoms in total. The van der Waals surface area contributed by atoms with Crippen molar-refractivity contribution in [2.75, 3.05) is 6.61 Å². The fourth-order valence-corrected chi connectivity index (χ4v) is 3.73. The summed E-state index contributed by atoms with van der Waals surface area (Å²) in [7, 11) is 0. The Labute approximate surface area is 95.8 Å². The highest BCUT2D eigenvalue weighted by Gasteiger charge is 2.31. The van der Waals surface area contributed by atoms with Gasteiger partial charge in [0, 0.05) is 6.42 Å². The second kappa shape index (κ2) is 4.31. The average molecular weight is 324 g/mol. The van der Waals surface area contributed by atoms with E-state index in [-0.39, 0.29) is 6.10 Å². The summed E-state index contributed by atoms with van der Waals surface area (Å²) in [6.45, 7) is 0.500. The number of hydrogen-bond acceptors (Lipinski definition) is 3. The van der Waals surface area contributed by atoms with Crippen LogP contribution in [0.1, 0.15) is 18.1 Å². The van der Waals surface area contributed by atoms with Gasteiger partial charge in [-0.3, -0.25) is 4.52 Å². The summed E-state index contributed by atoms with van der Waals surface area (Å²) in [4.78, 5) is 0. The van der Waals surface area contributed by atoms with E-state index < -0.39 is 5.24 Å². The predicted molar refractivity (Wildman–Crippen MR) is 62.5 cm³/mol. The normalized spacial score (nSPS) is 32.8. The standard InChI is InChI=1S/C9H10IO3P/c10-14(11)12-7-6-9(13-14)8-4-2-1-3-5-8/h1-5,9H,6-7H2/t9-,14?/m1/s1. The van der Waals surface area contributed by atoms with Gasteiger partial charge in [0.2, 0.25) is 0 Å². The molecule has 0 bridgehead atoms. The molecule has 0 saturated carbocycles. The second-order valence-corrected chi connectivity index (χ2v) is 7.93. The van der Waals surface area contributed by atoms with Crippen molar-refractivity contribution in [2.24, 2.45) is 0 Å². The van der Waals surface area contributed by atoms with Crippen LogP contribution in [-0.4, -0.2) is 6.61 Å². The minimum absolute atomic E-state index is 0.0901. The fourth-order valence-electron chi connectivity index (χ4n) is 1.40. The van der Waals surface area contributed by atoms with E-state index in [2.05, 4.69) is 0 Å². The maximum absolute atomic E-state index is 11.6. The van der Waals surface area contributed by atoms with Crippen LogP contribution in [0.5, 0.6) is 0 Å². The van der Waals surface area contributed by atoms with E-state index in [9.17, 15) is 4.57 Å². The molecule has 0 aliphatic carbocycles. The van der Waals surface area contributed by atoms with Gasteiger partial charge in [0.1, 0.15) is 0 Å². The SMILES string of the molecule is O=P1(I)OCC[C@H](c2ccccc2)O1. The Bertz CT molecular complexity index is 354. The first-order valence-corrected chi connectivity index (χ1v) is 8.68. The van der Waals surface area contributed by atoms with Crippen LogP contribution in [0.25, 0.3) is 0 Å². The number of halogens is 1. The highest BCUT2D eigenvalue weighted by Crippen LogP contribution is 2.62. The number of rotatable bonds is 1. The molecule has 2 atom stereocenters. The van der Waals surface area contributed by atoms with E-state index >= 15 is 0 Å². The van der Waals surface area contributed by atoms with Crippen molar-refractivity contribution in [3.63, 3.8) is 0 Å². The fraction of sp³-hybridized carbons (Fsp3) is 0.333. The van der Waals surface area contributed by atoms with Crippen molar-refractivity contribution >= 4 is 27.3 Å². The average Bonchev–Trinajstić information content (AvgIpc) is 2.18. The summed E-state index contributed by atoms with van der Waals surface area (Å²) >= 11 is 1.74. The molecule has 1 unspecified atom stereocenters. The van der Waals surface area contributed by atoms with Gasteiger partial charge in [0.25, 0.3) is 0 Å². The van der Waals surface area contributed by atoms with Crippen LogP contribution in [0.15, 0.2) is 30.3 Å². The molecule has 1 heterocycles. The summed E-state index contributed by atoms with van der Waals surface area (Å²) in [5, 5.41) is -2.84. The summed E-state index contributed by atoms with van der Waals surface area (Å²) in [6, 6.07) is 9.81. The summed E-state index contributed by atoms with van der Waals surface area (Å²) in [5.74, 6) is 0. The van der Waals surface area contributed by atoms with E-state index in [4.69, 9.17) is 9.05 Å². The molecule has 1 saturated heterocycles. The number of benzene rings is 1. The van der Waals surface area contributed by atoms with Gasteiger partial charge < -0.3 is 4.52 Å². The maximum atomic E-state index is 11.6. The lowest BCUT2D eigenvalue weighted by Gasteiger charge is -2.26. The quantitative estimate of drug-likeness (QED) is 0.584. The molecule has 0 radical (unpaired) electrons. The van der Waals surface area contributed by atoms with Gasteiger partial charge in [0.05, 0.1) is 34.8 Å². The van der Waals surface area contributed by atoms with E-state index in [0.29, 0.717) is 6.61 Å². The molecule has 1 fully saturated rings. The Morgan fingerprint density at radius 3 is 2.71 bits per heavy atom. The zero-order chi connectivity index (χ0) is 10.0. The molecule has 0 N–H and O–H groups in total. The lowest BCUT2D eigenvalue weighted by molar-refractivity contribution is 0.0946. The third-order valence-corrected chi connectivity index (χ3v) is 4.57. The van der Waals surface area contributed by atoms with Gasteiger partial charge in [0.15, 0.2) is 0 Å². The van der Waals surface area contributed by atoms with Crippen molar-refractivity contribution in [1.82, 2.24) is 0 Å². The largest absolute Gasteiger partial charge is 0.389 e. The molecule has 1 aromatic rings. The summed E-state index contributed by atoms with van der Waals surface area (Å²) < 4.78 is 22.0. The van der Waals surface area contributed by atoms with E-state index in [1.165, 1.54) is 0 Å². The van der Waals surface area contributed by atoms with Crippen molar-refractivity contribution in [2.45, 2.75) is 12.5 Å². The van der Waals surface area contributed by atoms with Crippen LogP contribution in [0, 0.1) is 0 Å². The minimum atomic E-state index is -2.84. The summed E-state index contributed by atoms with van der Waals surface area (Å²) in [6.07, 6.45) is 0.671. The first-order valence-electron chi connectivity index (χ1n) is 4.35. The highest BCUT2D eigenvalue weighted by atomic mass is 127. The Morgan fingerprint density at radius 2 is 2.07 bits per heavy atom. The summed E-state index contributed by atoms with van der Waals surface area (Å²) in [5.41, 5.74) is 1.06.